The molecule has 1 aromatic heterocycles. The summed E-state index contributed by atoms with van der Waals surface area (Å²) < 4.78 is 5.56. The van der Waals surface area contributed by atoms with Gasteiger partial charge in [0, 0.05) is 42.2 Å². The summed E-state index contributed by atoms with van der Waals surface area (Å²) in [6, 6.07) is 21.9. The summed E-state index contributed by atoms with van der Waals surface area (Å²) in [4.78, 5) is 14.6. The molecule has 2 aromatic carbocycles. The summed E-state index contributed by atoms with van der Waals surface area (Å²) in [6.45, 7) is 1.72. The molecule has 0 bridgehead atoms. The second-order valence-corrected chi connectivity index (χ2v) is 10.4. The number of aromatic nitrogens is 1. The van der Waals surface area contributed by atoms with Crippen LogP contribution in [0.15, 0.2) is 94.4 Å². The van der Waals surface area contributed by atoms with Crippen LogP contribution in [0.1, 0.15) is 31.2 Å². The SMILES string of the molecule is N[N+]12C=CN=CC1=C(C1CC(NC3CCOCC3)C1)N=C2c1ccc2ccc(-c3ccccc3)nc2c1. The largest absolute Gasteiger partial charge is 0.381 e. The molecule has 0 radical (unpaired) electrons. The number of nitrogens with one attached hydrogen (secondary N) is 1. The Kier molecular flexibility index (Phi) is 5.59. The van der Waals surface area contributed by atoms with Crippen LogP contribution < -0.4 is 11.2 Å². The van der Waals surface area contributed by atoms with E-state index in [1.807, 2.05) is 30.6 Å². The minimum atomic E-state index is 0.0529. The van der Waals surface area contributed by atoms with Crippen molar-refractivity contribution in [1.82, 2.24) is 10.3 Å². The van der Waals surface area contributed by atoms with E-state index in [0.717, 1.165) is 83.9 Å². The zero-order chi connectivity index (χ0) is 24.8. The lowest BCUT2D eigenvalue weighted by Crippen LogP contribution is -2.53. The molecule has 1 saturated carbocycles. The van der Waals surface area contributed by atoms with Crippen LogP contribution in [-0.2, 0) is 4.74 Å². The number of pyridine rings is 1. The van der Waals surface area contributed by atoms with Crippen molar-refractivity contribution in [3.63, 3.8) is 0 Å². The predicted octanol–water partition coefficient (Wildman–Crippen LogP) is 4.67. The number of quaternary nitrogens is 1. The number of amidine groups is 1. The van der Waals surface area contributed by atoms with Crippen LogP contribution in [0.25, 0.3) is 22.2 Å². The zero-order valence-electron chi connectivity index (χ0n) is 20.8. The summed E-state index contributed by atoms with van der Waals surface area (Å²) in [6.07, 6.45) is 9.92. The average molecular weight is 492 g/mol. The Balaban J connectivity index is 1.18. The molecule has 1 saturated heterocycles. The van der Waals surface area contributed by atoms with E-state index >= 15 is 0 Å². The summed E-state index contributed by atoms with van der Waals surface area (Å²) in [7, 11) is 0. The maximum absolute atomic E-state index is 7.02. The average Bonchev–Trinajstić information content (AvgIpc) is 3.23. The van der Waals surface area contributed by atoms with Crippen LogP contribution in [-0.4, -0.2) is 46.9 Å². The highest BCUT2D eigenvalue weighted by Gasteiger charge is 2.48. The van der Waals surface area contributed by atoms with Gasteiger partial charge in [-0.25, -0.2) is 4.98 Å². The number of nitrogens with two attached hydrogens (primary N) is 1. The fourth-order valence-electron chi connectivity index (χ4n) is 5.91. The molecule has 0 spiro atoms. The van der Waals surface area contributed by atoms with Gasteiger partial charge in [0.05, 0.1) is 29.2 Å². The van der Waals surface area contributed by atoms with Crippen LogP contribution in [0.3, 0.4) is 0 Å². The third kappa shape index (κ3) is 4.04. The van der Waals surface area contributed by atoms with Gasteiger partial charge in [-0.2, -0.15) is 10.8 Å². The van der Waals surface area contributed by atoms with Gasteiger partial charge in [0.2, 0.25) is 5.70 Å². The number of hydrogen-bond acceptors (Lipinski definition) is 6. The van der Waals surface area contributed by atoms with Gasteiger partial charge in [0.15, 0.2) is 0 Å². The van der Waals surface area contributed by atoms with Crippen molar-refractivity contribution in [2.75, 3.05) is 13.2 Å². The molecule has 1 unspecified atom stereocenters. The van der Waals surface area contributed by atoms with Crippen LogP contribution in [0, 0.1) is 5.92 Å². The van der Waals surface area contributed by atoms with Gasteiger partial charge >= 0.3 is 0 Å². The maximum atomic E-state index is 7.02. The van der Waals surface area contributed by atoms with E-state index in [-0.39, 0.29) is 4.59 Å². The summed E-state index contributed by atoms with van der Waals surface area (Å²) >= 11 is 0. The molecule has 2 fully saturated rings. The molecule has 3 aliphatic heterocycles. The number of hydrogen-bond donors (Lipinski definition) is 2. The quantitative estimate of drug-likeness (QED) is 0.401. The van der Waals surface area contributed by atoms with E-state index in [2.05, 4.69) is 52.8 Å². The van der Waals surface area contributed by atoms with Crippen molar-refractivity contribution in [1.29, 1.82) is 0 Å². The molecule has 186 valence electrons. The fraction of sp³-hybridized carbons (Fsp3) is 0.300. The van der Waals surface area contributed by atoms with Crippen molar-refractivity contribution in [2.45, 2.75) is 37.8 Å². The lowest BCUT2D eigenvalue weighted by Gasteiger charge is -2.39. The lowest BCUT2D eigenvalue weighted by molar-refractivity contribution is -0.750. The summed E-state index contributed by atoms with van der Waals surface area (Å²) in [5, 5.41) is 4.92. The monoisotopic (exact) mass is 491 g/mol. The number of nitrogens with zero attached hydrogens (tertiary/aromatic N) is 4. The normalized spacial score (nSPS) is 27.3. The van der Waals surface area contributed by atoms with Crippen molar-refractivity contribution >= 4 is 23.0 Å². The van der Waals surface area contributed by atoms with Gasteiger partial charge in [-0.3, -0.25) is 4.99 Å². The van der Waals surface area contributed by atoms with E-state index in [4.69, 9.17) is 20.6 Å². The molecule has 1 atom stereocenters. The zero-order valence-corrected chi connectivity index (χ0v) is 20.8. The number of rotatable bonds is 5. The summed E-state index contributed by atoms with van der Waals surface area (Å²) in [5.74, 6) is 8.22. The maximum Gasteiger partial charge on any atom is 0.264 e. The Morgan fingerprint density at radius 1 is 0.919 bits per heavy atom. The van der Waals surface area contributed by atoms with Gasteiger partial charge in [-0.1, -0.05) is 42.5 Å². The van der Waals surface area contributed by atoms with Crippen LogP contribution >= 0.6 is 0 Å². The molecule has 37 heavy (non-hydrogen) atoms. The second-order valence-electron chi connectivity index (χ2n) is 10.4. The van der Waals surface area contributed by atoms with E-state index in [1.54, 1.807) is 6.20 Å². The van der Waals surface area contributed by atoms with Crippen LogP contribution in [0.4, 0.5) is 0 Å². The minimum Gasteiger partial charge on any atom is -0.381 e. The Hall–Kier alpha value is -3.49. The van der Waals surface area contributed by atoms with E-state index < -0.39 is 0 Å². The molecular weight excluding hydrogens is 460 g/mol. The molecule has 1 aliphatic carbocycles. The molecule has 4 aliphatic rings. The first-order valence-corrected chi connectivity index (χ1v) is 13.2. The highest BCUT2D eigenvalue weighted by Crippen LogP contribution is 2.42. The molecule has 7 heteroatoms. The van der Waals surface area contributed by atoms with Gasteiger partial charge in [0.25, 0.3) is 5.84 Å². The first-order valence-electron chi connectivity index (χ1n) is 13.2. The van der Waals surface area contributed by atoms with E-state index in [9.17, 15) is 0 Å². The lowest BCUT2D eigenvalue weighted by atomic mass is 9.77. The number of ether oxygens (including phenoxy) is 1. The Morgan fingerprint density at radius 3 is 2.57 bits per heavy atom. The van der Waals surface area contributed by atoms with Crippen molar-refractivity contribution in [3.05, 3.63) is 90.0 Å². The number of allylic oxidation sites excluding steroid dienone is 2. The molecule has 3 aromatic rings. The Bertz CT molecular complexity index is 1460. The minimum absolute atomic E-state index is 0.0529. The summed E-state index contributed by atoms with van der Waals surface area (Å²) in [5.41, 5.74) is 6.02. The Labute approximate surface area is 216 Å². The van der Waals surface area contributed by atoms with Gasteiger partial charge in [-0.15, -0.1) is 4.59 Å². The molecule has 7 nitrogen and oxygen atoms in total. The fourth-order valence-corrected chi connectivity index (χ4v) is 5.91. The number of fused-ring (bicyclic) bond motifs is 2. The van der Waals surface area contributed by atoms with Crippen molar-refractivity contribution < 1.29 is 9.33 Å². The smallest absolute Gasteiger partial charge is 0.264 e. The molecule has 4 heterocycles. The highest BCUT2D eigenvalue weighted by atomic mass is 16.5. The van der Waals surface area contributed by atoms with Gasteiger partial charge in [0.1, 0.15) is 11.9 Å². The topological polar surface area (TPSA) is 84.9 Å². The molecular formula is C30H31N6O+. The van der Waals surface area contributed by atoms with Gasteiger partial charge < -0.3 is 10.1 Å². The first-order chi connectivity index (χ1) is 18.2. The number of aliphatic imine (C=N–C) groups is 2. The molecule has 7 rings (SSSR count). The van der Waals surface area contributed by atoms with Crippen molar-refractivity contribution in [2.24, 2.45) is 21.7 Å². The highest BCUT2D eigenvalue weighted by molar-refractivity contribution is 6.02. The van der Waals surface area contributed by atoms with Crippen LogP contribution in [0.5, 0.6) is 0 Å². The molecule has 0 amide bonds. The molecule has 3 N–H and O–H groups in total. The van der Waals surface area contributed by atoms with Crippen molar-refractivity contribution in [3.8, 4) is 11.3 Å². The number of benzene rings is 2. The Morgan fingerprint density at radius 2 is 1.73 bits per heavy atom. The first kappa shape index (κ1) is 22.7. The van der Waals surface area contributed by atoms with Crippen LogP contribution in [0.2, 0.25) is 0 Å². The standard InChI is InChI=1S/C30H31N6O/c31-36-13-12-32-19-28(36)29(23-16-25(17-23)33-24-10-14-37-15-11-24)35-30(36)22-7-6-21-8-9-26(34-27(21)18-22)20-4-2-1-3-5-20/h1-9,12-13,18-19,23-25,33H,10-11,14-17,31H2/q+1. The second kappa shape index (κ2) is 9.11. The van der Waals surface area contributed by atoms with Gasteiger partial charge in [-0.05, 0) is 43.9 Å². The third-order valence-corrected chi connectivity index (χ3v) is 8.06. The predicted molar refractivity (Wildman–Crippen MR) is 146 cm³/mol. The third-order valence-electron chi connectivity index (χ3n) is 8.06. The van der Waals surface area contributed by atoms with E-state index in [1.165, 1.54) is 0 Å². The van der Waals surface area contributed by atoms with E-state index in [0.29, 0.717) is 18.0 Å².